The summed E-state index contributed by atoms with van der Waals surface area (Å²) < 4.78 is 10.6. The minimum Gasteiger partial charge on any atom is -0.504 e. The second-order valence-corrected chi connectivity index (χ2v) is 8.02. The van der Waals surface area contributed by atoms with Gasteiger partial charge in [0.1, 0.15) is 0 Å². The molecule has 3 rings (SSSR count). The lowest BCUT2D eigenvalue weighted by atomic mass is 9.73. The van der Waals surface area contributed by atoms with Crippen molar-refractivity contribution in [2.45, 2.75) is 32.7 Å². The standard InChI is InChI=1S/C23H28ClNO4/c1-3-29-22(27)23(15-17-4-7-19(24)8-5-17)10-12-25(13-11-23)16-18-6-9-21(28-2)20(26)14-18/h4-9,14,26H,3,10-13,15-16H2,1-2H3. The van der Waals surface area contributed by atoms with Gasteiger partial charge in [-0.15, -0.1) is 0 Å². The maximum Gasteiger partial charge on any atom is 0.312 e. The van der Waals surface area contributed by atoms with Crippen LogP contribution in [0.3, 0.4) is 0 Å². The van der Waals surface area contributed by atoms with Crippen LogP contribution in [0.5, 0.6) is 11.5 Å². The van der Waals surface area contributed by atoms with Crippen molar-refractivity contribution < 1.29 is 19.4 Å². The average molecular weight is 418 g/mol. The number of phenols is 1. The number of nitrogens with zero attached hydrogens (tertiary/aromatic N) is 1. The van der Waals surface area contributed by atoms with Gasteiger partial charge < -0.3 is 14.6 Å². The molecule has 0 atom stereocenters. The molecule has 1 fully saturated rings. The molecule has 2 aromatic carbocycles. The Hall–Kier alpha value is -2.24. The Bertz CT molecular complexity index is 829. The molecule has 0 aliphatic carbocycles. The van der Waals surface area contributed by atoms with Gasteiger partial charge in [0.25, 0.3) is 0 Å². The van der Waals surface area contributed by atoms with Gasteiger partial charge in [0.05, 0.1) is 19.1 Å². The van der Waals surface area contributed by atoms with Crippen LogP contribution in [0.2, 0.25) is 5.02 Å². The quantitative estimate of drug-likeness (QED) is 0.675. The predicted octanol–water partition coefficient (Wildman–Crippen LogP) is 4.44. The summed E-state index contributed by atoms with van der Waals surface area (Å²) >= 11 is 6.00. The minimum atomic E-state index is -0.512. The van der Waals surface area contributed by atoms with Gasteiger partial charge in [-0.1, -0.05) is 29.8 Å². The van der Waals surface area contributed by atoms with E-state index in [1.807, 2.05) is 37.3 Å². The predicted molar refractivity (Wildman–Crippen MR) is 113 cm³/mol. The molecule has 0 amide bonds. The van der Waals surface area contributed by atoms with Crippen molar-refractivity contribution in [3.63, 3.8) is 0 Å². The number of hydrogen-bond acceptors (Lipinski definition) is 5. The van der Waals surface area contributed by atoms with Gasteiger partial charge in [-0.2, -0.15) is 0 Å². The van der Waals surface area contributed by atoms with Gasteiger partial charge in [-0.05, 0) is 74.7 Å². The Kier molecular flexibility index (Phi) is 7.04. The molecule has 0 saturated carbocycles. The van der Waals surface area contributed by atoms with E-state index in [9.17, 15) is 9.90 Å². The van der Waals surface area contributed by atoms with E-state index in [1.54, 1.807) is 12.1 Å². The number of carbonyl (C=O) groups excluding carboxylic acids is 1. The molecule has 0 spiro atoms. The Balaban J connectivity index is 1.69. The zero-order valence-corrected chi connectivity index (χ0v) is 17.7. The van der Waals surface area contributed by atoms with Gasteiger partial charge in [-0.3, -0.25) is 9.69 Å². The fourth-order valence-electron chi connectivity index (χ4n) is 3.96. The number of hydrogen-bond donors (Lipinski definition) is 1. The maximum absolute atomic E-state index is 12.9. The summed E-state index contributed by atoms with van der Waals surface area (Å²) in [6.07, 6.45) is 2.12. The first-order chi connectivity index (χ1) is 14.0. The van der Waals surface area contributed by atoms with Crippen molar-refractivity contribution in [3.8, 4) is 11.5 Å². The first-order valence-electron chi connectivity index (χ1n) is 9.95. The number of rotatable bonds is 7. The maximum atomic E-state index is 12.9. The highest BCUT2D eigenvalue weighted by atomic mass is 35.5. The molecule has 0 radical (unpaired) electrons. The number of phenolic OH excluding ortho intramolecular Hbond substituents is 1. The highest BCUT2D eigenvalue weighted by molar-refractivity contribution is 6.30. The number of benzene rings is 2. The van der Waals surface area contributed by atoms with Gasteiger partial charge in [0.2, 0.25) is 0 Å². The number of likely N-dealkylation sites (tertiary alicyclic amines) is 1. The van der Waals surface area contributed by atoms with Crippen molar-refractivity contribution in [3.05, 3.63) is 58.6 Å². The summed E-state index contributed by atoms with van der Waals surface area (Å²) in [7, 11) is 1.54. The van der Waals surface area contributed by atoms with E-state index in [0.29, 0.717) is 23.8 Å². The first-order valence-corrected chi connectivity index (χ1v) is 10.3. The molecule has 0 bridgehead atoms. The van der Waals surface area contributed by atoms with Crippen molar-refractivity contribution in [2.24, 2.45) is 5.41 Å². The number of piperidine rings is 1. The van der Waals surface area contributed by atoms with Gasteiger partial charge in [-0.25, -0.2) is 0 Å². The molecule has 2 aromatic rings. The number of esters is 1. The molecule has 0 aromatic heterocycles. The number of aromatic hydroxyl groups is 1. The van der Waals surface area contributed by atoms with Gasteiger partial charge >= 0.3 is 5.97 Å². The van der Waals surface area contributed by atoms with E-state index in [4.69, 9.17) is 21.1 Å². The normalized spacial score (nSPS) is 16.4. The van der Waals surface area contributed by atoms with Crippen molar-refractivity contribution >= 4 is 17.6 Å². The zero-order chi connectivity index (χ0) is 20.9. The van der Waals surface area contributed by atoms with Crippen LogP contribution in [0.15, 0.2) is 42.5 Å². The highest BCUT2D eigenvalue weighted by Crippen LogP contribution is 2.37. The van der Waals surface area contributed by atoms with Crippen LogP contribution in [-0.2, 0) is 22.5 Å². The minimum absolute atomic E-state index is 0.114. The van der Waals surface area contributed by atoms with E-state index in [-0.39, 0.29) is 11.7 Å². The molecule has 156 valence electrons. The fourth-order valence-corrected chi connectivity index (χ4v) is 4.09. The van der Waals surface area contributed by atoms with E-state index in [0.717, 1.165) is 43.6 Å². The van der Waals surface area contributed by atoms with E-state index in [1.165, 1.54) is 7.11 Å². The molecule has 6 heteroatoms. The molecule has 29 heavy (non-hydrogen) atoms. The topological polar surface area (TPSA) is 59.0 Å². The molecule has 0 unspecified atom stereocenters. The van der Waals surface area contributed by atoms with E-state index >= 15 is 0 Å². The molecular weight excluding hydrogens is 390 g/mol. The smallest absolute Gasteiger partial charge is 0.312 e. The molecular formula is C23H28ClNO4. The van der Waals surface area contributed by atoms with Gasteiger partial charge in [0.15, 0.2) is 11.5 Å². The molecule has 1 saturated heterocycles. The number of halogens is 1. The van der Waals surface area contributed by atoms with Crippen LogP contribution in [0.1, 0.15) is 30.9 Å². The summed E-state index contributed by atoms with van der Waals surface area (Å²) in [5.41, 5.74) is 1.60. The monoisotopic (exact) mass is 417 g/mol. The van der Waals surface area contributed by atoms with Crippen LogP contribution >= 0.6 is 11.6 Å². The zero-order valence-electron chi connectivity index (χ0n) is 17.0. The van der Waals surface area contributed by atoms with Gasteiger partial charge in [0, 0.05) is 11.6 Å². The highest BCUT2D eigenvalue weighted by Gasteiger charge is 2.42. The lowest BCUT2D eigenvalue weighted by Gasteiger charge is -2.40. The van der Waals surface area contributed by atoms with E-state index < -0.39 is 5.41 Å². The molecule has 1 aliphatic heterocycles. The largest absolute Gasteiger partial charge is 0.504 e. The molecule has 1 aliphatic rings. The molecule has 1 N–H and O–H groups in total. The average Bonchev–Trinajstić information content (AvgIpc) is 2.72. The second-order valence-electron chi connectivity index (χ2n) is 7.59. The van der Waals surface area contributed by atoms with Crippen LogP contribution in [0.25, 0.3) is 0 Å². The first kappa shape index (κ1) is 21.5. The van der Waals surface area contributed by atoms with Crippen molar-refractivity contribution in [2.75, 3.05) is 26.8 Å². The van der Waals surface area contributed by atoms with Crippen LogP contribution < -0.4 is 4.74 Å². The summed E-state index contributed by atoms with van der Waals surface area (Å²) in [6, 6.07) is 13.2. The van der Waals surface area contributed by atoms with E-state index in [2.05, 4.69) is 4.90 Å². The Morgan fingerprint density at radius 3 is 2.38 bits per heavy atom. The third kappa shape index (κ3) is 5.22. The Morgan fingerprint density at radius 2 is 1.79 bits per heavy atom. The summed E-state index contributed by atoms with van der Waals surface area (Å²) in [6.45, 7) is 4.53. The third-order valence-electron chi connectivity index (χ3n) is 5.63. The number of carbonyl (C=O) groups is 1. The van der Waals surface area contributed by atoms with Crippen molar-refractivity contribution in [1.82, 2.24) is 4.90 Å². The van der Waals surface area contributed by atoms with Crippen LogP contribution in [0.4, 0.5) is 0 Å². The lowest BCUT2D eigenvalue weighted by molar-refractivity contribution is -0.158. The summed E-state index contributed by atoms with van der Waals surface area (Å²) in [4.78, 5) is 15.2. The van der Waals surface area contributed by atoms with Crippen LogP contribution in [0, 0.1) is 5.41 Å². The lowest BCUT2D eigenvalue weighted by Crippen LogP contribution is -2.46. The SMILES string of the molecule is CCOC(=O)C1(Cc2ccc(Cl)cc2)CCN(Cc2ccc(OC)c(O)c2)CC1. The third-order valence-corrected chi connectivity index (χ3v) is 5.88. The summed E-state index contributed by atoms with van der Waals surface area (Å²) in [5.74, 6) is 0.499. The number of ether oxygens (including phenoxy) is 2. The molecule has 1 heterocycles. The van der Waals surface area contributed by atoms with Crippen molar-refractivity contribution in [1.29, 1.82) is 0 Å². The fraction of sp³-hybridized carbons (Fsp3) is 0.435. The number of methoxy groups -OCH3 is 1. The molecule has 5 nitrogen and oxygen atoms in total. The van der Waals surface area contributed by atoms with Crippen LogP contribution in [-0.4, -0.2) is 42.8 Å². The Morgan fingerprint density at radius 1 is 1.14 bits per heavy atom. The second kappa shape index (κ2) is 9.51. The Labute approximate surface area is 177 Å². The summed E-state index contributed by atoms with van der Waals surface area (Å²) in [5, 5.41) is 10.7.